The van der Waals surface area contributed by atoms with Gasteiger partial charge in [0.1, 0.15) is 18.2 Å². The molecule has 3 aromatic carbocycles. The number of hydrogen-bond acceptors (Lipinski definition) is 5. The number of halogens is 1. The van der Waals surface area contributed by atoms with E-state index in [0.717, 1.165) is 5.56 Å². The predicted molar refractivity (Wildman–Crippen MR) is 130 cm³/mol. The Balaban J connectivity index is 1.63. The molecule has 5 rings (SSSR count). The van der Waals surface area contributed by atoms with Crippen LogP contribution in [-0.2, 0) is 16.1 Å². The highest BCUT2D eigenvalue weighted by Crippen LogP contribution is 2.48. The van der Waals surface area contributed by atoms with Gasteiger partial charge in [0.25, 0.3) is 0 Å². The van der Waals surface area contributed by atoms with Crippen LogP contribution in [0.5, 0.6) is 5.75 Å². The van der Waals surface area contributed by atoms with E-state index in [1.807, 2.05) is 36.4 Å². The SMILES string of the molecule is CCOC(=O)C1=C(C)NC2=C(C(=O)c3ccccc32)C1c1ccccc1OCc1ccccc1F. The minimum Gasteiger partial charge on any atom is -0.488 e. The maximum Gasteiger partial charge on any atom is 0.336 e. The fourth-order valence-electron chi connectivity index (χ4n) is 4.74. The summed E-state index contributed by atoms with van der Waals surface area (Å²) in [5, 5.41) is 3.29. The smallest absolute Gasteiger partial charge is 0.336 e. The number of para-hydroxylation sites is 1. The first-order valence-corrected chi connectivity index (χ1v) is 11.5. The molecule has 0 saturated carbocycles. The van der Waals surface area contributed by atoms with E-state index in [1.165, 1.54) is 6.07 Å². The summed E-state index contributed by atoms with van der Waals surface area (Å²) in [5.74, 6) is -1.25. The fraction of sp³-hybridized carbons (Fsp3) is 0.172. The van der Waals surface area contributed by atoms with Gasteiger partial charge in [-0.2, -0.15) is 0 Å². The molecule has 0 bridgehead atoms. The molecule has 0 radical (unpaired) electrons. The molecule has 0 aromatic heterocycles. The quantitative estimate of drug-likeness (QED) is 0.481. The van der Waals surface area contributed by atoms with Crippen molar-refractivity contribution in [2.24, 2.45) is 0 Å². The molecule has 0 fully saturated rings. The fourth-order valence-corrected chi connectivity index (χ4v) is 4.74. The third-order valence-electron chi connectivity index (χ3n) is 6.32. The van der Waals surface area contributed by atoms with Gasteiger partial charge in [-0.15, -0.1) is 0 Å². The van der Waals surface area contributed by atoms with Gasteiger partial charge in [0.15, 0.2) is 5.78 Å². The number of carbonyl (C=O) groups is 2. The van der Waals surface area contributed by atoms with Crippen LogP contribution in [0.1, 0.15) is 46.8 Å². The molecule has 0 spiro atoms. The normalized spacial score (nSPS) is 16.5. The van der Waals surface area contributed by atoms with Crippen LogP contribution < -0.4 is 10.1 Å². The van der Waals surface area contributed by atoms with Crippen LogP contribution >= 0.6 is 0 Å². The molecule has 1 atom stereocenters. The van der Waals surface area contributed by atoms with Gasteiger partial charge < -0.3 is 14.8 Å². The average Bonchev–Trinajstić information content (AvgIpc) is 3.14. The van der Waals surface area contributed by atoms with Crippen LogP contribution in [0.2, 0.25) is 0 Å². The molecule has 176 valence electrons. The maximum atomic E-state index is 14.2. The highest BCUT2D eigenvalue weighted by Gasteiger charge is 2.43. The lowest BCUT2D eigenvalue weighted by molar-refractivity contribution is -0.138. The van der Waals surface area contributed by atoms with E-state index < -0.39 is 11.9 Å². The number of nitrogens with one attached hydrogen (secondary N) is 1. The van der Waals surface area contributed by atoms with Gasteiger partial charge in [0.05, 0.1) is 23.8 Å². The second kappa shape index (κ2) is 9.22. The summed E-state index contributed by atoms with van der Waals surface area (Å²) in [5.41, 5.74) is 4.55. The number of benzene rings is 3. The summed E-state index contributed by atoms with van der Waals surface area (Å²) in [4.78, 5) is 26.8. The van der Waals surface area contributed by atoms with Crippen LogP contribution in [0, 0.1) is 5.82 Å². The number of esters is 1. The number of ether oxygens (including phenoxy) is 2. The van der Waals surface area contributed by atoms with Crippen LogP contribution in [0.4, 0.5) is 4.39 Å². The Labute approximate surface area is 202 Å². The first-order chi connectivity index (χ1) is 17.0. The van der Waals surface area contributed by atoms with E-state index in [2.05, 4.69) is 5.32 Å². The molecule has 0 saturated heterocycles. The minimum absolute atomic E-state index is 0.00612. The van der Waals surface area contributed by atoms with Crippen molar-refractivity contribution >= 4 is 17.4 Å². The lowest BCUT2D eigenvalue weighted by atomic mass is 9.79. The second-order valence-corrected chi connectivity index (χ2v) is 8.40. The monoisotopic (exact) mass is 469 g/mol. The molecule has 35 heavy (non-hydrogen) atoms. The molecule has 2 aliphatic rings. The second-order valence-electron chi connectivity index (χ2n) is 8.40. The number of hydrogen-bond donors (Lipinski definition) is 1. The number of ketones is 1. The highest BCUT2D eigenvalue weighted by atomic mass is 19.1. The van der Waals surface area contributed by atoms with E-state index in [-0.39, 0.29) is 24.8 Å². The molecule has 1 N–H and O–H groups in total. The number of rotatable bonds is 6. The Bertz CT molecular complexity index is 1410. The zero-order valence-corrected chi connectivity index (χ0v) is 19.4. The van der Waals surface area contributed by atoms with Gasteiger partial charge in [-0.3, -0.25) is 4.79 Å². The van der Waals surface area contributed by atoms with Gasteiger partial charge in [0, 0.05) is 33.5 Å². The van der Waals surface area contributed by atoms with Gasteiger partial charge in [-0.25, -0.2) is 9.18 Å². The maximum absolute atomic E-state index is 14.2. The van der Waals surface area contributed by atoms with Crippen LogP contribution in [-0.4, -0.2) is 18.4 Å². The molecule has 6 heteroatoms. The largest absolute Gasteiger partial charge is 0.488 e. The predicted octanol–water partition coefficient (Wildman–Crippen LogP) is 5.54. The first-order valence-electron chi connectivity index (χ1n) is 11.5. The number of carbonyl (C=O) groups excluding carboxylic acids is 2. The Morgan fingerprint density at radius 2 is 1.66 bits per heavy atom. The first kappa shape index (κ1) is 22.6. The highest BCUT2D eigenvalue weighted by molar-refractivity contribution is 6.23. The van der Waals surface area contributed by atoms with Gasteiger partial charge in [-0.1, -0.05) is 60.7 Å². The minimum atomic E-state index is -0.706. The number of allylic oxidation sites excluding steroid dienone is 2. The van der Waals surface area contributed by atoms with Gasteiger partial charge in [0.2, 0.25) is 0 Å². The van der Waals surface area contributed by atoms with Crippen molar-refractivity contribution < 1.29 is 23.5 Å². The lowest BCUT2D eigenvalue weighted by Gasteiger charge is -2.30. The molecule has 5 nitrogen and oxygen atoms in total. The van der Waals surface area contributed by atoms with Crippen molar-refractivity contribution in [3.63, 3.8) is 0 Å². The van der Waals surface area contributed by atoms with Gasteiger partial charge >= 0.3 is 5.97 Å². The molecule has 1 aliphatic heterocycles. The van der Waals surface area contributed by atoms with Crippen molar-refractivity contribution in [1.82, 2.24) is 5.32 Å². The van der Waals surface area contributed by atoms with E-state index >= 15 is 0 Å². The third-order valence-corrected chi connectivity index (χ3v) is 6.32. The van der Waals surface area contributed by atoms with Crippen LogP contribution in [0.25, 0.3) is 5.70 Å². The molecular formula is C29H24FNO4. The number of fused-ring (bicyclic) bond motifs is 2. The van der Waals surface area contributed by atoms with E-state index in [0.29, 0.717) is 45.0 Å². The average molecular weight is 470 g/mol. The lowest BCUT2D eigenvalue weighted by Crippen LogP contribution is -2.29. The van der Waals surface area contributed by atoms with Crippen molar-refractivity contribution in [1.29, 1.82) is 0 Å². The zero-order valence-electron chi connectivity index (χ0n) is 19.4. The summed E-state index contributed by atoms with van der Waals surface area (Å²) in [6, 6.07) is 21.0. The Hall–Kier alpha value is -4.19. The Morgan fingerprint density at radius 3 is 2.43 bits per heavy atom. The Kier molecular flexibility index (Phi) is 5.95. The molecule has 3 aromatic rings. The summed E-state index contributed by atoms with van der Waals surface area (Å²) >= 11 is 0. The standard InChI is InChI=1S/C29H24FNO4/c1-3-34-29(33)24-17(2)31-27-19-11-5-6-12-20(19)28(32)26(27)25(24)21-13-7-9-15-23(21)35-16-18-10-4-8-14-22(18)30/h4-15,25,31H,3,16H2,1-2H3. The van der Waals surface area contributed by atoms with Crippen molar-refractivity contribution in [2.75, 3.05) is 6.61 Å². The third kappa shape index (κ3) is 3.91. The Morgan fingerprint density at radius 1 is 0.971 bits per heavy atom. The van der Waals surface area contributed by atoms with Crippen molar-refractivity contribution in [2.45, 2.75) is 26.4 Å². The molecular weight excluding hydrogens is 445 g/mol. The summed E-state index contributed by atoms with van der Waals surface area (Å²) in [7, 11) is 0. The topological polar surface area (TPSA) is 64.6 Å². The molecule has 1 aliphatic carbocycles. The number of Topliss-reactive ketones (excluding diaryl/α,β-unsaturated/α-hetero) is 1. The van der Waals surface area contributed by atoms with E-state index in [9.17, 15) is 14.0 Å². The summed E-state index contributed by atoms with van der Waals surface area (Å²) in [6.07, 6.45) is 0. The van der Waals surface area contributed by atoms with E-state index in [4.69, 9.17) is 9.47 Å². The zero-order chi connectivity index (χ0) is 24.5. The molecule has 0 amide bonds. The number of dihydropyridines is 1. The van der Waals surface area contributed by atoms with Crippen molar-refractivity contribution in [3.05, 3.63) is 118 Å². The van der Waals surface area contributed by atoms with E-state index in [1.54, 1.807) is 44.2 Å². The van der Waals surface area contributed by atoms with Crippen LogP contribution in [0.15, 0.2) is 89.6 Å². The van der Waals surface area contributed by atoms with Crippen molar-refractivity contribution in [3.8, 4) is 5.75 Å². The molecule has 1 unspecified atom stereocenters. The van der Waals surface area contributed by atoms with Gasteiger partial charge in [-0.05, 0) is 26.0 Å². The van der Waals surface area contributed by atoms with Crippen LogP contribution in [0.3, 0.4) is 0 Å². The molecule has 1 heterocycles. The summed E-state index contributed by atoms with van der Waals surface area (Å²) in [6.45, 7) is 3.75. The summed E-state index contributed by atoms with van der Waals surface area (Å²) < 4.78 is 25.7.